The maximum Gasteiger partial charge on any atom is 0.176 e. The molecule has 0 amide bonds. The molecule has 4 heteroatoms. The lowest BCUT2D eigenvalue weighted by molar-refractivity contribution is -0.687. The van der Waals surface area contributed by atoms with Gasteiger partial charge in [-0.2, -0.15) is 0 Å². The molecule has 3 aromatic rings. The molecule has 0 fully saturated rings. The number of rotatable bonds is 3. The first-order valence-corrected chi connectivity index (χ1v) is 7.46. The summed E-state index contributed by atoms with van der Waals surface area (Å²) in [6.07, 6.45) is 4.16. The number of nitrogens with zero attached hydrogens (tertiary/aromatic N) is 1. The highest BCUT2D eigenvalue weighted by atomic mass is 35.5. The third-order valence-electron chi connectivity index (χ3n) is 3.33. The summed E-state index contributed by atoms with van der Waals surface area (Å²) in [5, 5.41) is 1.35. The zero-order valence-electron chi connectivity index (χ0n) is 11.7. The van der Waals surface area contributed by atoms with E-state index in [0.29, 0.717) is 10.0 Å². The number of halogens is 3. The number of benzene rings is 2. The topological polar surface area (TPSA) is 3.88 Å². The minimum Gasteiger partial charge on any atom is -1.00 e. The quantitative estimate of drug-likeness (QED) is 0.636. The third kappa shape index (κ3) is 4.01. The van der Waals surface area contributed by atoms with E-state index in [0.717, 1.165) is 12.1 Å². The standard InChI is InChI=1S/C18H14Cl2N.ClH/c19-17-9-8-16(18(20)11-17)13-21-10-4-7-15(12-21)14-5-2-1-3-6-14;/h1-12H,13H2;1H/q+1;/p-1. The Morgan fingerprint density at radius 2 is 1.55 bits per heavy atom. The Balaban J connectivity index is 0.00000176. The lowest BCUT2D eigenvalue weighted by Crippen LogP contribution is -3.00. The van der Waals surface area contributed by atoms with Crippen molar-refractivity contribution >= 4 is 23.2 Å². The Bertz CT molecular complexity index is 757. The largest absolute Gasteiger partial charge is 1.00 e. The molecule has 0 saturated carbocycles. The van der Waals surface area contributed by atoms with E-state index in [-0.39, 0.29) is 12.4 Å². The molecule has 1 nitrogen and oxygen atoms in total. The van der Waals surface area contributed by atoms with Gasteiger partial charge in [0.1, 0.15) is 0 Å². The molecular weight excluding hydrogens is 337 g/mol. The van der Waals surface area contributed by atoms with Crippen LogP contribution < -0.4 is 17.0 Å². The first-order chi connectivity index (χ1) is 10.2. The van der Waals surface area contributed by atoms with E-state index >= 15 is 0 Å². The molecule has 0 atom stereocenters. The van der Waals surface area contributed by atoms with Crippen molar-refractivity contribution in [1.29, 1.82) is 0 Å². The molecule has 0 bridgehead atoms. The summed E-state index contributed by atoms with van der Waals surface area (Å²) in [5.74, 6) is 0. The highest BCUT2D eigenvalue weighted by Gasteiger charge is 2.09. The number of pyridine rings is 1. The van der Waals surface area contributed by atoms with Crippen LogP contribution in [0, 0.1) is 0 Å². The minimum absolute atomic E-state index is 0. The lowest BCUT2D eigenvalue weighted by Gasteiger charge is -2.04. The molecule has 0 unspecified atom stereocenters. The van der Waals surface area contributed by atoms with Gasteiger partial charge in [-0.15, -0.1) is 0 Å². The zero-order chi connectivity index (χ0) is 14.7. The van der Waals surface area contributed by atoms with Crippen LogP contribution in [0.1, 0.15) is 5.56 Å². The van der Waals surface area contributed by atoms with Gasteiger partial charge in [0, 0.05) is 22.2 Å². The second-order valence-electron chi connectivity index (χ2n) is 4.87. The molecule has 0 aliphatic heterocycles. The van der Waals surface area contributed by atoms with Gasteiger partial charge >= 0.3 is 0 Å². The SMILES string of the molecule is Clc1ccc(C[n+]2cccc(-c3ccccc3)c2)c(Cl)c1.[Cl-]. The molecule has 0 aliphatic carbocycles. The normalized spacial score (nSPS) is 10.1. The number of hydrogen-bond donors (Lipinski definition) is 0. The monoisotopic (exact) mass is 349 g/mol. The summed E-state index contributed by atoms with van der Waals surface area (Å²) in [7, 11) is 0. The highest BCUT2D eigenvalue weighted by Crippen LogP contribution is 2.21. The van der Waals surface area contributed by atoms with Crippen LogP contribution in [-0.4, -0.2) is 0 Å². The van der Waals surface area contributed by atoms with Gasteiger partial charge in [-0.25, -0.2) is 4.57 Å². The third-order valence-corrected chi connectivity index (χ3v) is 3.92. The van der Waals surface area contributed by atoms with E-state index in [1.54, 1.807) is 6.07 Å². The molecule has 112 valence electrons. The molecule has 0 saturated heterocycles. The van der Waals surface area contributed by atoms with Crippen molar-refractivity contribution in [3.8, 4) is 11.1 Å². The van der Waals surface area contributed by atoms with Crippen molar-refractivity contribution in [3.63, 3.8) is 0 Å². The van der Waals surface area contributed by atoms with Crippen LogP contribution in [0.15, 0.2) is 73.1 Å². The molecule has 0 aliphatic rings. The fraction of sp³-hybridized carbons (Fsp3) is 0.0556. The second-order valence-corrected chi connectivity index (χ2v) is 5.71. The first-order valence-electron chi connectivity index (χ1n) is 6.71. The summed E-state index contributed by atoms with van der Waals surface area (Å²) in [6.45, 7) is 0.719. The molecular formula is C18H14Cl3N. The van der Waals surface area contributed by atoms with Crippen LogP contribution in [0.4, 0.5) is 0 Å². The van der Waals surface area contributed by atoms with Crippen molar-refractivity contribution in [2.45, 2.75) is 6.54 Å². The van der Waals surface area contributed by atoms with Gasteiger partial charge in [0.15, 0.2) is 18.9 Å². The molecule has 0 radical (unpaired) electrons. The first kappa shape index (κ1) is 16.8. The van der Waals surface area contributed by atoms with Crippen molar-refractivity contribution in [2.75, 3.05) is 0 Å². The van der Waals surface area contributed by atoms with Crippen LogP contribution in [0.2, 0.25) is 10.0 Å². The Morgan fingerprint density at radius 3 is 2.27 bits per heavy atom. The van der Waals surface area contributed by atoms with E-state index in [1.807, 2.05) is 42.6 Å². The van der Waals surface area contributed by atoms with Crippen molar-refractivity contribution < 1.29 is 17.0 Å². The zero-order valence-corrected chi connectivity index (χ0v) is 14.0. The van der Waals surface area contributed by atoms with Gasteiger partial charge in [0.2, 0.25) is 0 Å². The Labute approximate surface area is 146 Å². The van der Waals surface area contributed by atoms with E-state index in [9.17, 15) is 0 Å². The smallest absolute Gasteiger partial charge is 0.176 e. The predicted molar refractivity (Wildman–Crippen MR) is 87.6 cm³/mol. The van der Waals surface area contributed by atoms with Gasteiger partial charge in [0.05, 0.1) is 5.02 Å². The number of hydrogen-bond acceptors (Lipinski definition) is 0. The molecule has 1 aromatic heterocycles. The highest BCUT2D eigenvalue weighted by molar-refractivity contribution is 6.35. The molecule has 0 N–H and O–H groups in total. The van der Waals surface area contributed by atoms with Crippen molar-refractivity contribution in [2.24, 2.45) is 0 Å². The van der Waals surface area contributed by atoms with Gasteiger partial charge in [-0.1, -0.05) is 53.5 Å². The average Bonchev–Trinajstić information content (AvgIpc) is 2.51. The van der Waals surface area contributed by atoms with E-state index < -0.39 is 0 Å². The Morgan fingerprint density at radius 1 is 0.818 bits per heavy atom. The van der Waals surface area contributed by atoms with Gasteiger partial charge < -0.3 is 12.4 Å². The van der Waals surface area contributed by atoms with Gasteiger partial charge in [-0.05, 0) is 29.8 Å². The molecule has 3 rings (SSSR count). The number of aromatic nitrogens is 1. The maximum atomic E-state index is 6.24. The minimum atomic E-state index is 0. The maximum absolute atomic E-state index is 6.24. The van der Waals surface area contributed by atoms with E-state index in [2.05, 4.69) is 29.0 Å². The van der Waals surface area contributed by atoms with Crippen LogP contribution in [-0.2, 0) is 6.54 Å². The average molecular weight is 351 g/mol. The van der Waals surface area contributed by atoms with E-state index in [4.69, 9.17) is 23.2 Å². The van der Waals surface area contributed by atoms with Gasteiger partial charge in [0.25, 0.3) is 0 Å². The summed E-state index contributed by atoms with van der Waals surface area (Å²) in [4.78, 5) is 0. The van der Waals surface area contributed by atoms with Crippen LogP contribution in [0.3, 0.4) is 0 Å². The summed E-state index contributed by atoms with van der Waals surface area (Å²) >= 11 is 12.2. The van der Waals surface area contributed by atoms with Crippen molar-refractivity contribution in [3.05, 3.63) is 88.7 Å². The second kappa shape index (κ2) is 7.64. The summed E-state index contributed by atoms with van der Waals surface area (Å²) < 4.78 is 2.12. The van der Waals surface area contributed by atoms with Crippen LogP contribution in [0.25, 0.3) is 11.1 Å². The predicted octanol–water partition coefficient (Wildman–Crippen LogP) is 2.00. The Kier molecular flexibility index (Phi) is 5.84. The summed E-state index contributed by atoms with van der Waals surface area (Å²) in [6, 6.07) is 20.1. The van der Waals surface area contributed by atoms with E-state index in [1.165, 1.54) is 11.1 Å². The fourth-order valence-corrected chi connectivity index (χ4v) is 2.74. The molecule has 0 spiro atoms. The molecule has 22 heavy (non-hydrogen) atoms. The molecule has 1 heterocycles. The van der Waals surface area contributed by atoms with Crippen LogP contribution >= 0.6 is 23.2 Å². The summed E-state index contributed by atoms with van der Waals surface area (Å²) in [5.41, 5.74) is 3.44. The Hall–Kier alpha value is -1.54. The fourth-order valence-electron chi connectivity index (χ4n) is 2.27. The van der Waals surface area contributed by atoms with Crippen molar-refractivity contribution in [1.82, 2.24) is 0 Å². The lowest BCUT2D eigenvalue weighted by atomic mass is 10.1. The van der Waals surface area contributed by atoms with Crippen LogP contribution in [0.5, 0.6) is 0 Å². The molecule has 2 aromatic carbocycles. The van der Waals surface area contributed by atoms with Gasteiger partial charge in [-0.3, -0.25) is 0 Å².